The van der Waals surface area contributed by atoms with E-state index in [4.69, 9.17) is 9.72 Å². The number of nitrogens with zero attached hydrogens (tertiary/aromatic N) is 5. The minimum Gasteiger partial charge on any atom is -0.496 e. The molecule has 4 rings (SSSR count). The highest BCUT2D eigenvalue weighted by atomic mass is 32.1. The van der Waals surface area contributed by atoms with Crippen LogP contribution in [0.3, 0.4) is 0 Å². The molecule has 0 bridgehead atoms. The lowest BCUT2D eigenvalue weighted by Gasteiger charge is -2.35. The van der Waals surface area contributed by atoms with E-state index in [1.807, 2.05) is 30.3 Å². The van der Waals surface area contributed by atoms with Crippen LogP contribution in [0.25, 0.3) is 11.5 Å². The third-order valence-corrected chi connectivity index (χ3v) is 5.31. The molecule has 1 aliphatic heterocycles. The van der Waals surface area contributed by atoms with Crippen LogP contribution in [-0.4, -0.2) is 33.6 Å². The van der Waals surface area contributed by atoms with Gasteiger partial charge in [-0.05, 0) is 13.8 Å². The third kappa shape index (κ3) is 3.01. The molecule has 0 radical (unpaired) electrons. The van der Waals surface area contributed by atoms with Crippen LogP contribution < -0.4 is 9.64 Å². The summed E-state index contributed by atoms with van der Waals surface area (Å²) >= 11 is 1.58. The fraction of sp³-hybridized carbons (Fsp3) is 0.333. The van der Waals surface area contributed by atoms with Gasteiger partial charge < -0.3 is 9.64 Å². The van der Waals surface area contributed by atoms with Crippen LogP contribution in [0.15, 0.2) is 23.7 Å². The quantitative estimate of drug-likeness (QED) is 0.656. The van der Waals surface area contributed by atoms with Gasteiger partial charge in [-0.1, -0.05) is 0 Å². The van der Waals surface area contributed by atoms with Gasteiger partial charge in [-0.3, -0.25) is 0 Å². The van der Waals surface area contributed by atoms with E-state index in [9.17, 15) is 4.39 Å². The van der Waals surface area contributed by atoms with Crippen LogP contribution in [0.2, 0.25) is 0 Å². The van der Waals surface area contributed by atoms with Crippen molar-refractivity contribution in [3.63, 3.8) is 0 Å². The van der Waals surface area contributed by atoms with Gasteiger partial charge in [0.1, 0.15) is 17.3 Å². The van der Waals surface area contributed by atoms with Crippen molar-refractivity contribution in [2.24, 2.45) is 0 Å². The van der Waals surface area contributed by atoms with Gasteiger partial charge in [0, 0.05) is 42.2 Å². The van der Waals surface area contributed by atoms with Crippen molar-refractivity contribution < 1.29 is 9.13 Å². The lowest BCUT2D eigenvalue weighted by molar-refractivity contribution is 0.408. The van der Waals surface area contributed by atoms with Crippen molar-refractivity contribution in [1.82, 2.24) is 19.9 Å². The molecule has 3 aromatic heterocycles. The number of pyridine rings is 1. The molecule has 0 N–H and O–H groups in total. The minimum atomic E-state index is -0.553. The lowest BCUT2D eigenvalue weighted by atomic mass is 9.99. The average Bonchev–Trinajstić information content (AvgIpc) is 3.07. The summed E-state index contributed by atoms with van der Waals surface area (Å²) < 4.78 is 18.9. The maximum atomic E-state index is 13.8. The highest BCUT2D eigenvalue weighted by Gasteiger charge is 2.27. The first-order chi connectivity index (χ1) is 12.5. The van der Waals surface area contributed by atoms with Gasteiger partial charge in [-0.25, -0.2) is 19.9 Å². The largest absolute Gasteiger partial charge is 0.496 e. The van der Waals surface area contributed by atoms with E-state index in [0.29, 0.717) is 23.9 Å². The Kier molecular flexibility index (Phi) is 4.28. The first-order valence-corrected chi connectivity index (χ1v) is 9.19. The molecule has 4 heterocycles. The highest BCUT2D eigenvalue weighted by Crippen LogP contribution is 2.33. The van der Waals surface area contributed by atoms with Crippen molar-refractivity contribution in [3.8, 4) is 17.3 Å². The zero-order valence-electron chi connectivity index (χ0n) is 14.7. The molecule has 0 saturated carbocycles. The number of rotatable bonds is 3. The lowest BCUT2D eigenvalue weighted by Crippen LogP contribution is -2.35. The van der Waals surface area contributed by atoms with Crippen molar-refractivity contribution in [1.29, 1.82) is 0 Å². The second-order valence-electron chi connectivity index (χ2n) is 6.15. The first kappa shape index (κ1) is 16.8. The fourth-order valence-electron chi connectivity index (χ4n) is 3.19. The third-order valence-electron chi connectivity index (χ3n) is 4.54. The number of aromatic nitrogens is 4. The number of fused-ring (bicyclic) bond motifs is 1. The van der Waals surface area contributed by atoms with E-state index in [1.165, 1.54) is 13.2 Å². The monoisotopic (exact) mass is 371 g/mol. The predicted molar refractivity (Wildman–Crippen MR) is 98.1 cm³/mol. The summed E-state index contributed by atoms with van der Waals surface area (Å²) in [5.74, 6) is 1.11. The van der Waals surface area contributed by atoms with Gasteiger partial charge in [0.05, 0.1) is 23.9 Å². The number of halogens is 1. The van der Waals surface area contributed by atoms with Crippen molar-refractivity contribution in [2.45, 2.75) is 26.3 Å². The molecule has 1 aliphatic rings. The molecule has 0 spiro atoms. The molecule has 0 aliphatic carbocycles. The van der Waals surface area contributed by atoms with Crippen molar-refractivity contribution in [2.75, 3.05) is 18.6 Å². The van der Waals surface area contributed by atoms with Crippen LogP contribution in [0.1, 0.15) is 29.2 Å². The molecule has 1 unspecified atom stereocenters. The Morgan fingerprint density at radius 2 is 2.12 bits per heavy atom. The summed E-state index contributed by atoms with van der Waals surface area (Å²) in [6.07, 6.45) is 2.58. The molecular weight excluding hydrogens is 353 g/mol. The summed E-state index contributed by atoms with van der Waals surface area (Å²) in [5, 5.41) is 2.96. The fourth-order valence-corrected chi connectivity index (χ4v) is 3.78. The first-order valence-electron chi connectivity index (χ1n) is 8.31. The Bertz CT molecular complexity index is 961. The number of aryl methyl sites for hydroxylation is 1. The van der Waals surface area contributed by atoms with E-state index in [0.717, 1.165) is 28.4 Å². The smallest absolute Gasteiger partial charge is 0.218 e. The van der Waals surface area contributed by atoms with Gasteiger partial charge >= 0.3 is 0 Å². The number of hydrogen-bond donors (Lipinski definition) is 0. The Balaban J connectivity index is 1.67. The molecule has 0 amide bonds. The SMILES string of the molecule is COc1cc(F)nc(N2CCc3nc(-c4csc(C)n4)ncc3C2C)c1. The molecule has 6 nitrogen and oxygen atoms in total. The number of ether oxygens (including phenoxy) is 1. The summed E-state index contributed by atoms with van der Waals surface area (Å²) in [7, 11) is 1.52. The van der Waals surface area contributed by atoms with E-state index >= 15 is 0 Å². The Labute approximate surface area is 154 Å². The number of thiazole rings is 1. The Hall–Kier alpha value is -2.61. The van der Waals surface area contributed by atoms with Crippen LogP contribution in [0.5, 0.6) is 5.75 Å². The van der Waals surface area contributed by atoms with Gasteiger partial charge in [0.2, 0.25) is 5.95 Å². The summed E-state index contributed by atoms with van der Waals surface area (Å²) in [4.78, 5) is 19.7. The normalized spacial score (nSPS) is 16.5. The summed E-state index contributed by atoms with van der Waals surface area (Å²) in [5.41, 5.74) is 2.84. The molecule has 3 aromatic rings. The number of anilines is 1. The Morgan fingerprint density at radius 1 is 1.27 bits per heavy atom. The van der Waals surface area contributed by atoms with E-state index in [2.05, 4.69) is 15.0 Å². The summed E-state index contributed by atoms with van der Waals surface area (Å²) in [6, 6.07) is 3.01. The van der Waals surface area contributed by atoms with Crippen LogP contribution in [0, 0.1) is 12.9 Å². The van der Waals surface area contributed by atoms with Crippen LogP contribution in [-0.2, 0) is 6.42 Å². The highest BCUT2D eigenvalue weighted by molar-refractivity contribution is 7.09. The second kappa shape index (κ2) is 6.60. The van der Waals surface area contributed by atoms with Gasteiger partial charge in [0.15, 0.2) is 5.82 Å². The van der Waals surface area contributed by atoms with Crippen LogP contribution >= 0.6 is 11.3 Å². The number of hydrogen-bond acceptors (Lipinski definition) is 7. The Morgan fingerprint density at radius 3 is 2.85 bits per heavy atom. The summed E-state index contributed by atoms with van der Waals surface area (Å²) in [6.45, 7) is 4.71. The average molecular weight is 371 g/mol. The van der Waals surface area contributed by atoms with E-state index in [-0.39, 0.29) is 6.04 Å². The maximum absolute atomic E-state index is 13.8. The molecule has 0 fully saturated rings. The van der Waals surface area contributed by atoms with Crippen molar-refractivity contribution >= 4 is 17.2 Å². The molecule has 0 saturated heterocycles. The molecule has 0 aromatic carbocycles. The second-order valence-corrected chi connectivity index (χ2v) is 7.22. The zero-order chi connectivity index (χ0) is 18.3. The van der Waals surface area contributed by atoms with Gasteiger partial charge in [-0.15, -0.1) is 11.3 Å². The topological polar surface area (TPSA) is 64.0 Å². The van der Waals surface area contributed by atoms with Gasteiger partial charge in [-0.2, -0.15) is 4.39 Å². The molecule has 26 heavy (non-hydrogen) atoms. The molecule has 8 heteroatoms. The molecule has 1 atom stereocenters. The maximum Gasteiger partial charge on any atom is 0.218 e. The zero-order valence-corrected chi connectivity index (χ0v) is 15.5. The standard InChI is InChI=1S/C18H18FN5OS/c1-10-13-8-20-18(15-9-26-11(2)21-15)22-14(13)4-5-24(10)17-7-12(25-3)6-16(19)23-17/h6-10H,4-5H2,1-3H3. The van der Waals surface area contributed by atoms with Gasteiger partial charge in [0.25, 0.3) is 0 Å². The van der Waals surface area contributed by atoms with Crippen molar-refractivity contribution in [3.05, 3.63) is 45.9 Å². The predicted octanol–water partition coefficient (Wildman–Crippen LogP) is 3.57. The van der Waals surface area contributed by atoms with E-state index in [1.54, 1.807) is 17.4 Å². The number of methoxy groups -OCH3 is 1. The minimum absolute atomic E-state index is 0.0102. The molecular formula is C18H18FN5OS. The molecule has 134 valence electrons. The van der Waals surface area contributed by atoms with E-state index < -0.39 is 5.95 Å². The van der Waals surface area contributed by atoms with Crippen LogP contribution in [0.4, 0.5) is 10.2 Å².